The van der Waals surface area contributed by atoms with Gasteiger partial charge in [0.25, 0.3) is 5.91 Å². The summed E-state index contributed by atoms with van der Waals surface area (Å²) in [6.45, 7) is 2.03. The molecule has 0 spiro atoms. The van der Waals surface area contributed by atoms with Gasteiger partial charge in [0.05, 0.1) is 5.56 Å². The van der Waals surface area contributed by atoms with Crippen LogP contribution in [0.3, 0.4) is 0 Å². The van der Waals surface area contributed by atoms with Gasteiger partial charge >= 0.3 is 6.01 Å². The number of benzene rings is 2. The van der Waals surface area contributed by atoms with Gasteiger partial charge in [-0.25, -0.2) is 0 Å². The van der Waals surface area contributed by atoms with Crippen LogP contribution in [-0.2, 0) is 0 Å². The molecule has 0 unspecified atom stereocenters. The third-order valence-electron chi connectivity index (χ3n) is 4.15. The zero-order valence-electron chi connectivity index (χ0n) is 14.2. The zero-order valence-corrected chi connectivity index (χ0v) is 14.2. The van der Waals surface area contributed by atoms with Gasteiger partial charge in [0.1, 0.15) is 12.0 Å². The van der Waals surface area contributed by atoms with E-state index in [1.807, 2.05) is 61.5 Å². The Kier molecular flexibility index (Phi) is 4.11. The Labute approximate surface area is 150 Å². The number of carbonyl (C=O) groups excluding carboxylic acids is 1. The molecule has 0 saturated heterocycles. The van der Waals surface area contributed by atoms with Gasteiger partial charge in [0, 0.05) is 23.5 Å². The SMILES string of the molecule is Cc1ccc(-c2coc(NC(=O)c3c[nH]cc3-c3ccccc3)n2)cc1. The molecular weight excluding hydrogens is 326 g/mol. The molecule has 0 saturated carbocycles. The second-order valence-electron chi connectivity index (χ2n) is 6.01. The van der Waals surface area contributed by atoms with Crippen molar-refractivity contribution in [3.8, 4) is 22.4 Å². The van der Waals surface area contributed by atoms with Gasteiger partial charge in [-0.1, -0.05) is 60.2 Å². The fourth-order valence-corrected chi connectivity index (χ4v) is 2.76. The number of nitrogens with one attached hydrogen (secondary N) is 2. The highest BCUT2D eigenvalue weighted by molar-refractivity contribution is 6.07. The van der Waals surface area contributed by atoms with Crippen LogP contribution in [0.15, 0.2) is 77.7 Å². The smallest absolute Gasteiger partial charge is 0.302 e. The Morgan fingerprint density at radius 2 is 1.77 bits per heavy atom. The van der Waals surface area contributed by atoms with Crippen LogP contribution in [0.1, 0.15) is 15.9 Å². The molecule has 2 heterocycles. The first-order chi connectivity index (χ1) is 12.7. The average Bonchev–Trinajstić information content (AvgIpc) is 3.32. The summed E-state index contributed by atoms with van der Waals surface area (Å²) < 4.78 is 5.41. The van der Waals surface area contributed by atoms with E-state index in [1.54, 1.807) is 12.4 Å². The molecule has 4 rings (SSSR count). The van der Waals surface area contributed by atoms with Crippen LogP contribution in [0.5, 0.6) is 0 Å². The van der Waals surface area contributed by atoms with Crippen LogP contribution in [0.4, 0.5) is 6.01 Å². The Hall–Kier alpha value is -3.60. The lowest BCUT2D eigenvalue weighted by Gasteiger charge is -2.03. The van der Waals surface area contributed by atoms with E-state index in [-0.39, 0.29) is 11.9 Å². The number of aromatic amines is 1. The molecule has 2 aromatic carbocycles. The number of hydrogen-bond acceptors (Lipinski definition) is 3. The number of carbonyl (C=O) groups is 1. The number of aryl methyl sites for hydroxylation is 1. The number of H-pyrrole nitrogens is 1. The minimum absolute atomic E-state index is 0.172. The van der Waals surface area contributed by atoms with Crippen molar-refractivity contribution in [1.82, 2.24) is 9.97 Å². The molecule has 26 heavy (non-hydrogen) atoms. The molecule has 128 valence electrons. The van der Waals surface area contributed by atoms with Crippen molar-refractivity contribution < 1.29 is 9.21 Å². The first-order valence-corrected chi connectivity index (χ1v) is 8.27. The summed E-state index contributed by atoms with van der Waals surface area (Å²) in [5, 5.41) is 2.72. The van der Waals surface area contributed by atoms with E-state index in [0.717, 1.165) is 16.7 Å². The molecule has 0 atom stereocenters. The predicted molar refractivity (Wildman–Crippen MR) is 101 cm³/mol. The van der Waals surface area contributed by atoms with E-state index < -0.39 is 0 Å². The van der Waals surface area contributed by atoms with E-state index >= 15 is 0 Å². The number of amides is 1. The lowest BCUT2D eigenvalue weighted by Crippen LogP contribution is -2.12. The minimum atomic E-state index is -0.276. The topological polar surface area (TPSA) is 70.9 Å². The van der Waals surface area contributed by atoms with Gasteiger partial charge in [0.2, 0.25) is 0 Å². The number of anilines is 1. The molecule has 0 aliphatic heterocycles. The molecule has 2 N–H and O–H groups in total. The summed E-state index contributed by atoms with van der Waals surface area (Å²) in [6, 6.07) is 17.9. The van der Waals surface area contributed by atoms with Crippen molar-refractivity contribution >= 4 is 11.9 Å². The van der Waals surface area contributed by atoms with E-state index in [2.05, 4.69) is 15.3 Å². The summed E-state index contributed by atoms with van der Waals surface area (Å²) >= 11 is 0. The van der Waals surface area contributed by atoms with Crippen LogP contribution in [0.2, 0.25) is 0 Å². The zero-order chi connectivity index (χ0) is 17.9. The third-order valence-corrected chi connectivity index (χ3v) is 4.15. The molecule has 0 radical (unpaired) electrons. The largest absolute Gasteiger partial charge is 0.431 e. The normalized spacial score (nSPS) is 10.7. The average molecular weight is 343 g/mol. The molecule has 0 aliphatic rings. The summed E-state index contributed by atoms with van der Waals surface area (Å²) in [7, 11) is 0. The number of aromatic nitrogens is 2. The molecule has 5 nitrogen and oxygen atoms in total. The Balaban J connectivity index is 1.55. The van der Waals surface area contributed by atoms with E-state index in [9.17, 15) is 4.79 Å². The van der Waals surface area contributed by atoms with Crippen molar-refractivity contribution in [2.24, 2.45) is 0 Å². The van der Waals surface area contributed by atoms with Crippen molar-refractivity contribution in [2.45, 2.75) is 6.92 Å². The van der Waals surface area contributed by atoms with E-state index in [4.69, 9.17) is 4.42 Å². The third kappa shape index (κ3) is 3.15. The maximum atomic E-state index is 12.6. The van der Waals surface area contributed by atoms with Gasteiger partial charge in [0.15, 0.2) is 0 Å². The van der Waals surface area contributed by atoms with Crippen LogP contribution >= 0.6 is 0 Å². The maximum absolute atomic E-state index is 12.6. The summed E-state index contributed by atoms with van der Waals surface area (Å²) in [5.74, 6) is -0.276. The van der Waals surface area contributed by atoms with Crippen LogP contribution in [-0.4, -0.2) is 15.9 Å². The fraction of sp³-hybridized carbons (Fsp3) is 0.0476. The van der Waals surface area contributed by atoms with Crippen molar-refractivity contribution in [1.29, 1.82) is 0 Å². The van der Waals surface area contributed by atoms with Gasteiger partial charge in [-0.3, -0.25) is 10.1 Å². The highest BCUT2D eigenvalue weighted by Gasteiger charge is 2.16. The molecule has 4 aromatic rings. The lowest BCUT2D eigenvalue weighted by molar-refractivity contribution is 0.102. The van der Waals surface area contributed by atoms with Gasteiger partial charge in [-0.05, 0) is 12.5 Å². The lowest BCUT2D eigenvalue weighted by atomic mass is 10.0. The molecule has 0 aliphatic carbocycles. The van der Waals surface area contributed by atoms with Crippen molar-refractivity contribution in [3.05, 3.63) is 84.4 Å². The fourth-order valence-electron chi connectivity index (χ4n) is 2.76. The molecule has 5 heteroatoms. The van der Waals surface area contributed by atoms with Crippen LogP contribution in [0.25, 0.3) is 22.4 Å². The summed E-state index contributed by atoms with van der Waals surface area (Å²) in [5.41, 5.74) is 5.11. The summed E-state index contributed by atoms with van der Waals surface area (Å²) in [4.78, 5) is 20.0. The number of hydrogen-bond donors (Lipinski definition) is 2. The minimum Gasteiger partial charge on any atom is -0.431 e. The van der Waals surface area contributed by atoms with E-state index in [0.29, 0.717) is 11.3 Å². The van der Waals surface area contributed by atoms with Gasteiger partial charge < -0.3 is 9.40 Å². The molecule has 0 fully saturated rings. The standard InChI is InChI=1S/C21H17N3O2/c1-14-7-9-16(10-8-14)19-13-26-21(23-19)24-20(25)18-12-22-11-17(18)15-5-3-2-4-6-15/h2-13,22H,1H3,(H,23,24,25). The Morgan fingerprint density at radius 3 is 2.54 bits per heavy atom. The van der Waals surface area contributed by atoms with Gasteiger partial charge in [-0.2, -0.15) is 4.98 Å². The van der Waals surface area contributed by atoms with Crippen molar-refractivity contribution in [3.63, 3.8) is 0 Å². The summed E-state index contributed by atoms with van der Waals surface area (Å²) in [6.07, 6.45) is 5.01. The highest BCUT2D eigenvalue weighted by Crippen LogP contribution is 2.25. The molecule has 2 aromatic heterocycles. The molecule has 1 amide bonds. The number of oxazole rings is 1. The highest BCUT2D eigenvalue weighted by atomic mass is 16.4. The number of rotatable bonds is 4. The molecule has 0 bridgehead atoms. The first-order valence-electron chi connectivity index (χ1n) is 8.27. The Morgan fingerprint density at radius 1 is 1.00 bits per heavy atom. The first kappa shape index (κ1) is 15.9. The van der Waals surface area contributed by atoms with Crippen molar-refractivity contribution in [2.75, 3.05) is 5.32 Å². The monoisotopic (exact) mass is 343 g/mol. The quantitative estimate of drug-likeness (QED) is 0.554. The van der Waals surface area contributed by atoms with Crippen LogP contribution in [0, 0.1) is 6.92 Å². The predicted octanol–water partition coefficient (Wildman–Crippen LogP) is 4.90. The maximum Gasteiger partial charge on any atom is 0.302 e. The van der Waals surface area contributed by atoms with E-state index in [1.165, 1.54) is 11.8 Å². The second-order valence-corrected chi connectivity index (χ2v) is 6.01. The second kappa shape index (κ2) is 6.72. The molecular formula is C21H17N3O2. The van der Waals surface area contributed by atoms with Gasteiger partial charge in [-0.15, -0.1) is 0 Å². The number of nitrogens with zero attached hydrogens (tertiary/aromatic N) is 1. The Bertz CT molecular complexity index is 1030. The van der Waals surface area contributed by atoms with Crippen LogP contribution < -0.4 is 5.32 Å².